The molecule has 6 heteroatoms. The van der Waals surface area contributed by atoms with E-state index in [1.165, 1.54) is 19.2 Å². The lowest BCUT2D eigenvalue weighted by atomic mass is 9.91. The van der Waals surface area contributed by atoms with Crippen molar-refractivity contribution in [2.45, 2.75) is 44.9 Å². The quantitative estimate of drug-likeness (QED) is 0.705. The number of ether oxygens (including phenoxy) is 1. The molecule has 1 aliphatic heterocycles. The average molecular weight is 353 g/mol. The second kappa shape index (κ2) is 9.49. The van der Waals surface area contributed by atoms with Crippen LogP contribution in [0.1, 0.15) is 44.1 Å². The van der Waals surface area contributed by atoms with E-state index in [0.717, 1.165) is 31.9 Å². The molecule has 0 spiro atoms. The Morgan fingerprint density at radius 1 is 1.28 bits per heavy atom. The van der Waals surface area contributed by atoms with E-state index in [4.69, 9.17) is 0 Å². The van der Waals surface area contributed by atoms with Crippen LogP contribution in [-0.2, 0) is 20.7 Å². The number of likely N-dealkylation sites (tertiary alicyclic amines) is 1. The fourth-order valence-corrected chi connectivity index (χ4v) is 3.26. The van der Waals surface area contributed by atoms with E-state index in [2.05, 4.69) is 4.74 Å². The smallest absolute Gasteiger partial charge is 0.305 e. The molecule has 1 aliphatic rings. The number of methoxy groups -OCH3 is 1. The van der Waals surface area contributed by atoms with Gasteiger partial charge in [0.05, 0.1) is 7.11 Å². The second-order valence-electron chi connectivity index (χ2n) is 6.55. The van der Waals surface area contributed by atoms with Crippen LogP contribution in [0, 0.1) is 17.6 Å². The number of benzene rings is 1. The largest absolute Gasteiger partial charge is 0.469 e. The zero-order chi connectivity index (χ0) is 18.2. The molecule has 0 radical (unpaired) electrons. The summed E-state index contributed by atoms with van der Waals surface area (Å²) in [6.07, 6.45) is 4.34. The van der Waals surface area contributed by atoms with E-state index in [1.807, 2.05) is 4.90 Å². The van der Waals surface area contributed by atoms with E-state index in [1.54, 1.807) is 0 Å². The highest BCUT2D eigenvalue weighted by Crippen LogP contribution is 2.23. The van der Waals surface area contributed by atoms with Crippen LogP contribution in [0.25, 0.3) is 0 Å². The van der Waals surface area contributed by atoms with Crippen LogP contribution in [0.3, 0.4) is 0 Å². The summed E-state index contributed by atoms with van der Waals surface area (Å²) in [5.41, 5.74) is 0.517. The van der Waals surface area contributed by atoms with Crippen LogP contribution < -0.4 is 0 Å². The zero-order valence-electron chi connectivity index (χ0n) is 14.6. The van der Waals surface area contributed by atoms with Gasteiger partial charge in [0.25, 0.3) is 0 Å². The van der Waals surface area contributed by atoms with Crippen molar-refractivity contribution >= 4 is 11.9 Å². The SMILES string of the molecule is COC(=O)CCCC(=O)N1CCCC(CCc2ccc(F)cc2F)C1. The van der Waals surface area contributed by atoms with Crippen molar-refractivity contribution in [3.8, 4) is 0 Å². The molecule has 1 amide bonds. The van der Waals surface area contributed by atoms with Crippen LogP contribution in [0.2, 0.25) is 0 Å². The van der Waals surface area contributed by atoms with Gasteiger partial charge < -0.3 is 9.64 Å². The summed E-state index contributed by atoms with van der Waals surface area (Å²) in [7, 11) is 1.34. The molecule has 25 heavy (non-hydrogen) atoms. The molecule has 1 fully saturated rings. The van der Waals surface area contributed by atoms with Gasteiger partial charge in [0.1, 0.15) is 11.6 Å². The van der Waals surface area contributed by atoms with Crippen molar-refractivity contribution in [1.82, 2.24) is 4.90 Å². The number of hydrogen-bond donors (Lipinski definition) is 0. The molecule has 0 aromatic heterocycles. The summed E-state index contributed by atoms with van der Waals surface area (Å²) in [5.74, 6) is -0.996. The highest BCUT2D eigenvalue weighted by atomic mass is 19.1. The Bertz CT molecular complexity index is 606. The topological polar surface area (TPSA) is 46.6 Å². The molecule has 138 valence electrons. The fourth-order valence-electron chi connectivity index (χ4n) is 3.26. The minimum absolute atomic E-state index is 0.0570. The third-order valence-corrected chi connectivity index (χ3v) is 4.71. The first kappa shape index (κ1) is 19.3. The Morgan fingerprint density at radius 2 is 2.08 bits per heavy atom. The minimum Gasteiger partial charge on any atom is -0.469 e. The van der Waals surface area contributed by atoms with E-state index in [0.29, 0.717) is 37.3 Å². The molecule has 0 bridgehead atoms. The maximum absolute atomic E-state index is 13.7. The van der Waals surface area contributed by atoms with Crippen molar-refractivity contribution in [2.75, 3.05) is 20.2 Å². The lowest BCUT2D eigenvalue weighted by Crippen LogP contribution is -2.40. The predicted octanol–water partition coefficient (Wildman–Crippen LogP) is 3.48. The first-order chi connectivity index (χ1) is 12.0. The van der Waals surface area contributed by atoms with E-state index in [9.17, 15) is 18.4 Å². The number of piperidine rings is 1. The van der Waals surface area contributed by atoms with Crippen LogP contribution in [0.15, 0.2) is 18.2 Å². The molecule has 1 saturated heterocycles. The molecule has 1 aromatic carbocycles. The van der Waals surface area contributed by atoms with Crippen molar-refractivity contribution in [2.24, 2.45) is 5.92 Å². The van der Waals surface area contributed by atoms with E-state index in [-0.39, 0.29) is 18.3 Å². The number of carbonyl (C=O) groups excluding carboxylic acids is 2. The van der Waals surface area contributed by atoms with Gasteiger partial charge >= 0.3 is 5.97 Å². The summed E-state index contributed by atoms with van der Waals surface area (Å²) in [5, 5.41) is 0. The lowest BCUT2D eigenvalue weighted by Gasteiger charge is -2.33. The van der Waals surface area contributed by atoms with Gasteiger partial charge in [-0.05, 0) is 49.7 Å². The number of nitrogens with zero attached hydrogens (tertiary/aromatic N) is 1. The molecule has 1 heterocycles. The summed E-state index contributed by atoms with van der Waals surface area (Å²) in [6, 6.07) is 3.67. The van der Waals surface area contributed by atoms with Crippen molar-refractivity contribution in [1.29, 1.82) is 0 Å². The number of aryl methyl sites for hydroxylation is 1. The molecular formula is C19H25F2NO3. The van der Waals surface area contributed by atoms with Gasteiger partial charge in [-0.2, -0.15) is 0 Å². The van der Waals surface area contributed by atoms with Gasteiger partial charge in [-0.3, -0.25) is 9.59 Å². The van der Waals surface area contributed by atoms with Gasteiger partial charge in [-0.15, -0.1) is 0 Å². The van der Waals surface area contributed by atoms with E-state index >= 15 is 0 Å². The normalized spacial score (nSPS) is 17.4. The summed E-state index contributed by atoms with van der Waals surface area (Å²) < 4.78 is 31.2. The molecular weight excluding hydrogens is 328 g/mol. The molecule has 0 saturated carbocycles. The fraction of sp³-hybridized carbons (Fsp3) is 0.579. The third-order valence-electron chi connectivity index (χ3n) is 4.71. The first-order valence-electron chi connectivity index (χ1n) is 8.78. The van der Waals surface area contributed by atoms with Crippen LogP contribution >= 0.6 is 0 Å². The highest BCUT2D eigenvalue weighted by Gasteiger charge is 2.23. The highest BCUT2D eigenvalue weighted by molar-refractivity contribution is 5.77. The third kappa shape index (κ3) is 6.11. The van der Waals surface area contributed by atoms with Crippen molar-refractivity contribution in [3.05, 3.63) is 35.4 Å². The van der Waals surface area contributed by atoms with Crippen LogP contribution in [0.5, 0.6) is 0 Å². The van der Waals surface area contributed by atoms with Gasteiger partial charge in [0, 0.05) is 32.0 Å². The second-order valence-corrected chi connectivity index (χ2v) is 6.55. The Morgan fingerprint density at radius 3 is 2.80 bits per heavy atom. The number of hydrogen-bond acceptors (Lipinski definition) is 3. The van der Waals surface area contributed by atoms with Crippen LogP contribution in [0.4, 0.5) is 8.78 Å². The molecule has 1 aromatic rings. The Kier molecular flexibility index (Phi) is 7.34. The minimum atomic E-state index is -0.567. The number of amides is 1. The first-order valence-corrected chi connectivity index (χ1v) is 8.78. The summed E-state index contributed by atoms with van der Waals surface area (Å²) in [6.45, 7) is 1.40. The Labute approximate surface area is 147 Å². The molecule has 0 aliphatic carbocycles. The number of carbonyl (C=O) groups is 2. The molecule has 1 unspecified atom stereocenters. The lowest BCUT2D eigenvalue weighted by molar-refractivity contribution is -0.141. The van der Waals surface area contributed by atoms with Gasteiger partial charge in [0.15, 0.2) is 0 Å². The monoisotopic (exact) mass is 353 g/mol. The molecule has 4 nitrogen and oxygen atoms in total. The standard InChI is InChI=1S/C19H25F2NO3/c1-25-19(24)6-2-5-18(23)22-11-3-4-14(13-22)7-8-15-9-10-16(20)12-17(15)21/h9-10,12,14H,2-8,11,13H2,1H3. The molecule has 1 atom stereocenters. The van der Waals surface area contributed by atoms with Gasteiger partial charge in [0.2, 0.25) is 5.91 Å². The van der Waals surface area contributed by atoms with Crippen LogP contribution in [-0.4, -0.2) is 37.0 Å². The number of rotatable bonds is 7. The van der Waals surface area contributed by atoms with E-state index < -0.39 is 11.6 Å². The number of halogens is 2. The predicted molar refractivity (Wildman–Crippen MR) is 89.9 cm³/mol. The zero-order valence-corrected chi connectivity index (χ0v) is 14.6. The van der Waals surface area contributed by atoms with Gasteiger partial charge in [-0.25, -0.2) is 8.78 Å². The average Bonchev–Trinajstić information content (AvgIpc) is 2.61. The number of esters is 1. The molecule has 2 rings (SSSR count). The maximum atomic E-state index is 13.7. The summed E-state index contributed by atoms with van der Waals surface area (Å²) in [4.78, 5) is 25.2. The Balaban J connectivity index is 1.78. The summed E-state index contributed by atoms with van der Waals surface area (Å²) >= 11 is 0. The van der Waals surface area contributed by atoms with Gasteiger partial charge in [-0.1, -0.05) is 6.07 Å². The van der Waals surface area contributed by atoms with Crippen molar-refractivity contribution in [3.63, 3.8) is 0 Å². The van der Waals surface area contributed by atoms with Crippen molar-refractivity contribution < 1.29 is 23.1 Å². The Hall–Kier alpha value is -1.98. The maximum Gasteiger partial charge on any atom is 0.305 e. The molecule has 0 N–H and O–H groups in total.